The molecule has 0 saturated carbocycles. The molecule has 0 aromatic rings. The first-order valence-corrected chi connectivity index (χ1v) is 7.93. The Hall–Kier alpha value is -1.31. The maximum atomic E-state index is 11.3. The van der Waals surface area contributed by atoms with Crippen LogP contribution in [0, 0.1) is 0 Å². The van der Waals surface area contributed by atoms with Crippen molar-refractivity contribution >= 4 is 6.09 Å². The molecule has 23 heavy (non-hydrogen) atoms. The fourth-order valence-corrected chi connectivity index (χ4v) is 1.45. The zero-order valence-electron chi connectivity index (χ0n) is 14.7. The van der Waals surface area contributed by atoms with Gasteiger partial charge in [-0.2, -0.15) is 0 Å². The van der Waals surface area contributed by atoms with Gasteiger partial charge in [0.1, 0.15) is 18.0 Å². The quantitative estimate of drug-likeness (QED) is 0.421. The zero-order chi connectivity index (χ0) is 17.6. The fraction of sp³-hybridized carbons (Fsp3) is 0.812. The standard InChI is InChI=1S/C16H31NO6/c1-5-6-14(18)13-22-12-11-21-10-9-20-8-7-17-15(19)23-16(2,3)4/h6,18H,5,7-13H2,1-4H3,(H,17,19)/b14-6+. The molecule has 0 aromatic carbocycles. The number of hydrogen-bond donors (Lipinski definition) is 2. The Labute approximate surface area is 138 Å². The minimum Gasteiger partial charge on any atom is -0.510 e. The summed E-state index contributed by atoms with van der Waals surface area (Å²) in [7, 11) is 0. The highest BCUT2D eigenvalue weighted by Gasteiger charge is 2.15. The molecular weight excluding hydrogens is 302 g/mol. The molecule has 0 fully saturated rings. The molecule has 2 N–H and O–H groups in total. The lowest BCUT2D eigenvalue weighted by Crippen LogP contribution is -2.34. The number of hydrogen-bond acceptors (Lipinski definition) is 6. The molecule has 0 saturated heterocycles. The predicted octanol–water partition coefficient (Wildman–Crippen LogP) is 2.41. The van der Waals surface area contributed by atoms with Crippen molar-refractivity contribution in [2.45, 2.75) is 39.7 Å². The Balaban J connectivity index is 3.28. The normalized spacial score (nSPS) is 12.3. The van der Waals surface area contributed by atoms with Gasteiger partial charge < -0.3 is 29.4 Å². The van der Waals surface area contributed by atoms with Crippen molar-refractivity contribution < 1.29 is 28.8 Å². The molecule has 0 unspecified atom stereocenters. The van der Waals surface area contributed by atoms with Crippen LogP contribution < -0.4 is 5.32 Å². The van der Waals surface area contributed by atoms with Crippen LogP contribution in [0.1, 0.15) is 34.1 Å². The Morgan fingerprint density at radius 3 is 2.17 bits per heavy atom. The Morgan fingerprint density at radius 2 is 1.61 bits per heavy atom. The largest absolute Gasteiger partial charge is 0.510 e. The minimum absolute atomic E-state index is 0.212. The van der Waals surface area contributed by atoms with E-state index in [1.807, 2.05) is 27.7 Å². The Bertz CT molecular complexity index is 338. The minimum atomic E-state index is -0.496. The highest BCUT2D eigenvalue weighted by atomic mass is 16.6. The van der Waals surface area contributed by atoms with E-state index >= 15 is 0 Å². The summed E-state index contributed by atoms with van der Waals surface area (Å²) in [6, 6.07) is 0. The molecule has 0 spiro atoms. The fourth-order valence-electron chi connectivity index (χ4n) is 1.45. The van der Waals surface area contributed by atoms with Crippen molar-refractivity contribution in [1.82, 2.24) is 5.32 Å². The van der Waals surface area contributed by atoms with Crippen LogP contribution in [0.2, 0.25) is 0 Å². The number of aliphatic hydroxyl groups is 1. The third-order valence-corrected chi connectivity index (χ3v) is 2.35. The molecule has 0 aliphatic rings. The first-order chi connectivity index (χ1) is 10.8. The maximum absolute atomic E-state index is 11.3. The van der Waals surface area contributed by atoms with Gasteiger partial charge in [-0.3, -0.25) is 0 Å². The molecular formula is C16H31NO6. The third kappa shape index (κ3) is 16.9. The van der Waals surface area contributed by atoms with E-state index in [2.05, 4.69) is 5.32 Å². The number of aliphatic hydroxyl groups excluding tert-OH is 1. The highest BCUT2D eigenvalue weighted by Crippen LogP contribution is 2.05. The number of rotatable bonds is 12. The van der Waals surface area contributed by atoms with Gasteiger partial charge in [-0.1, -0.05) is 6.92 Å². The summed E-state index contributed by atoms with van der Waals surface area (Å²) in [5, 5.41) is 11.9. The van der Waals surface area contributed by atoms with Crippen molar-refractivity contribution in [3.05, 3.63) is 11.8 Å². The summed E-state index contributed by atoms with van der Waals surface area (Å²) in [5.74, 6) is 0.244. The number of carbonyl (C=O) groups is 1. The second kappa shape index (κ2) is 13.2. The lowest BCUT2D eigenvalue weighted by Gasteiger charge is -2.19. The maximum Gasteiger partial charge on any atom is 0.407 e. The van der Waals surface area contributed by atoms with Crippen molar-refractivity contribution in [2.75, 3.05) is 46.2 Å². The Morgan fingerprint density at radius 1 is 1.04 bits per heavy atom. The summed E-state index contributed by atoms with van der Waals surface area (Å²) >= 11 is 0. The molecule has 0 aliphatic heterocycles. The first kappa shape index (κ1) is 21.7. The van der Waals surface area contributed by atoms with Gasteiger partial charge in [0.15, 0.2) is 0 Å². The zero-order valence-corrected chi connectivity index (χ0v) is 14.7. The van der Waals surface area contributed by atoms with Crippen molar-refractivity contribution in [1.29, 1.82) is 0 Å². The van der Waals surface area contributed by atoms with Gasteiger partial charge in [0.2, 0.25) is 0 Å². The molecule has 0 rings (SSSR count). The summed E-state index contributed by atoms with van der Waals surface area (Å²) in [5.41, 5.74) is -0.496. The van der Waals surface area contributed by atoms with E-state index in [9.17, 15) is 9.90 Å². The van der Waals surface area contributed by atoms with Gasteiger partial charge in [-0.25, -0.2) is 4.79 Å². The van der Waals surface area contributed by atoms with Crippen LogP contribution in [0.15, 0.2) is 11.8 Å². The van der Waals surface area contributed by atoms with Gasteiger partial charge in [0, 0.05) is 6.54 Å². The van der Waals surface area contributed by atoms with Crippen LogP contribution >= 0.6 is 0 Å². The molecule has 136 valence electrons. The lowest BCUT2D eigenvalue weighted by atomic mass is 10.2. The molecule has 0 atom stereocenters. The third-order valence-electron chi connectivity index (χ3n) is 2.35. The van der Waals surface area contributed by atoms with Crippen LogP contribution in [-0.4, -0.2) is 63.0 Å². The number of ether oxygens (including phenoxy) is 4. The van der Waals surface area contributed by atoms with Gasteiger partial charge in [-0.15, -0.1) is 0 Å². The van der Waals surface area contributed by atoms with Gasteiger partial charge in [-0.05, 0) is 33.3 Å². The number of alkyl carbamates (subject to hydrolysis) is 1. The van der Waals surface area contributed by atoms with Crippen LogP contribution in [0.25, 0.3) is 0 Å². The van der Waals surface area contributed by atoms with Crippen molar-refractivity contribution in [3.63, 3.8) is 0 Å². The van der Waals surface area contributed by atoms with Crippen LogP contribution in [-0.2, 0) is 18.9 Å². The molecule has 0 aliphatic carbocycles. The molecule has 0 aromatic heterocycles. The summed E-state index contributed by atoms with van der Waals surface area (Å²) in [4.78, 5) is 11.3. The SMILES string of the molecule is CC/C=C(/O)COCCOCCOCCNC(=O)OC(C)(C)C. The Kier molecular flexibility index (Phi) is 12.4. The molecule has 7 nitrogen and oxygen atoms in total. The van der Waals surface area contributed by atoms with E-state index in [0.29, 0.717) is 39.6 Å². The number of allylic oxidation sites excluding steroid dienone is 1. The smallest absolute Gasteiger partial charge is 0.407 e. The number of nitrogens with one attached hydrogen (secondary N) is 1. The van der Waals surface area contributed by atoms with E-state index in [1.54, 1.807) is 6.08 Å². The van der Waals surface area contributed by atoms with Crippen LogP contribution in [0.3, 0.4) is 0 Å². The molecule has 0 heterocycles. The van der Waals surface area contributed by atoms with Crippen molar-refractivity contribution in [2.24, 2.45) is 0 Å². The number of carbonyl (C=O) groups excluding carboxylic acids is 1. The van der Waals surface area contributed by atoms with Crippen LogP contribution in [0.5, 0.6) is 0 Å². The van der Waals surface area contributed by atoms with Gasteiger partial charge in [0.05, 0.1) is 33.0 Å². The number of amides is 1. The monoisotopic (exact) mass is 333 g/mol. The topological polar surface area (TPSA) is 86.3 Å². The van der Waals surface area contributed by atoms with Crippen LogP contribution in [0.4, 0.5) is 4.79 Å². The second-order valence-corrected chi connectivity index (χ2v) is 5.81. The van der Waals surface area contributed by atoms with Gasteiger partial charge >= 0.3 is 6.09 Å². The van der Waals surface area contributed by atoms with E-state index in [1.165, 1.54) is 0 Å². The molecule has 0 bridgehead atoms. The average molecular weight is 333 g/mol. The highest BCUT2D eigenvalue weighted by molar-refractivity contribution is 5.67. The predicted molar refractivity (Wildman–Crippen MR) is 87.7 cm³/mol. The van der Waals surface area contributed by atoms with E-state index in [-0.39, 0.29) is 12.4 Å². The van der Waals surface area contributed by atoms with Crippen molar-refractivity contribution in [3.8, 4) is 0 Å². The van der Waals surface area contributed by atoms with E-state index in [4.69, 9.17) is 18.9 Å². The molecule has 0 radical (unpaired) electrons. The summed E-state index contributed by atoms with van der Waals surface area (Å²) < 4.78 is 20.9. The summed E-state index contributed by atoms with van der Waals surface area (Å²) in [6.45, 7) is 10.1. The van der Waals surface area contributed by atoms with E-state index < -0.39 is 11.7 Å². The second-order valence-electron chi connectivity index (χ2n) is 5.81. The van der Waals surface area contributed by atoms with E-state index in [0.717, 1.165) is 6.42 Å². The van der Waals surface area contributed by atoms with Gasteiger partial charge in [0.25, 0.3) is 0 Å². The first-order valence-electron chi connectivity index (χ1n) is 7.93. The average Bonchev–Trinajstić information content (AvgIpc) is 2.43. The lowest BCUT2D eigenvalue weighted by molar-refractivity contribution is 0.0142. The molecule has 7 heteroatoms. The summed E-state index contributed by atoms with van der Waals surface area (Å²) in [6.07, 6.45) is 2.04. The molecule has 1 amide bonds.